The second-order valence-electron chi connectivity index (χ2n) is 4.44. The molecule has 0 spiro atoms. The first-order valence-electron chi connectivity index (χ1n) is 5.71. The van der Waals surface area contributed by atoms with E-state index in [0.29, 0.717) is 6.54 Å². The highest BCUT2D eigenvalue weighted by molar-refractivity contribution is 7.90. The first-order valence-corrected chi connectivity index (χ1v) is 7.60. The predicted molar refractivity (Wildman–Crippen MR) is 65.2 cm³/mol. The normalized spacial score (nSPS) is 21.0. The van der Waals surface area contributed by atoms with Gasteiger partial charge in [0.05, 0.1) is 0 Å². The summed E-state index contributed by atoms with van der Waals surface area (Å²) in [7, 11) is -3.41. The number of sulfone groups is 1. The molecule has 0 bridgehead atoms. The van der Waals surface area contributed by atoms with Crippen LogP contribution >= 0.6 is 0 Å². The van der Waals surface area contributed by atoms with Gasteiger partial charge >= 0.3 is 0 Å². The number of rotatable bonds is 2. The molecule has 0 aliphatic carbocycles. The molecular formula is C11H16N2O4S. The highest BCUT2D eigenvalue weighted by Gasteiger charge is 2.27. The van der Waals surface area contributed by atoms with Crippen molar-refractivity contribution in [2.24, 2.45) is 0 Å². The lowest BCUT2D eigenvalue weighted by Gasteiger charge is -2.33. The van der Waals surface area contributed by atoms with Gasteiger partial charge in [0.15, 0.2) is 5.76 Å². The molecule has 1 aliphatic rings. The minimum Gasteiger partial charge on any atom is -0.440 e. The van der Waals surface area contributed by atoms with E-state index in [-0.39, 0.29) is 22.8 Å². The van der Waals surface area contributed by atoms with Crippen LogP contribution in [0.1, 0.15) is 17.5 Å². The van der Waals surface area contributed by atoms with E-state index in [1.54, 1.807) is 4.90 Å². The molecule has 1 N–H and O–H groups in total. The highest BCUT2D eigenvalue weighted by Crippen LogP contribution is 2.17. The molecule has 1 aliphatic heterocycles. The van der Waals surface area contributed by atoms with Crippen LogP contribution in [0.3, 0.4) is 0 Å². The second kappa shape index (κ2) is 4.74. The van der Waals surface area contributed by atoms with E-state index in [1.807, 2.05) is 6.92 Å². The Balaban J connectivity index is 2.21. The molecule has 0 aromatic carbocycles. The minimum absolute atomic E-state index is 0.0676. The van der Waals surface area contributed by atoms with Gasteiger partial charge in [0.2, 0.25) is 14.9 Å². The van der Waals surface area contributed by atoms with E-state index in [4.69, 9.17) is 4.42 Å². The number of furan rings is 1. The Bertz CT molecular complexity index is 549. The van der Waals surface area contributed by atoms with E-state index in [1.165, 1.54) is 12.1 Å². The summed E-state index contributed by atoms with van der Waals surface area (Å²) in [6, 6.07) is 2.79. The molecule has 0 radical (unpaired) electrons. The van der Waals surface area contributed by atoms with Gasteiger partial charge in [0, 0.05) is 31.9 Å². The number of hydrogen-bond donors (Lipinski definition) is 1. The van der Waals surface area contributed by atoms with Crippen LogP contribution in [-0.4, -0.2) is 51.2 Å². The molecule has 2 heterocycles. The van der Waals surface area contributed by atoms with E-state index in [9.17, 15) is 13.2 Å². The number of nitrogens with one attached hydrogen (secondary N) is 1. The van der Waals surface area contributed by atoms with Crippen molar-refractivity contribution >= 4 is 15.7 Å². The zero-order valence-electron chi connectivity index (χ0n) is 10.3. The summed E-state index contributed by atoms with van der Waals surface area (Å²) in [5, 5.41) is 3.01. The van der Waals surface area contributed by atoms with Crippen molar-refractivity contribution < 1.29 is 17.6 Å². The molecular weight excluding hydrogens is 256 g/mol. The van der Waals surface area contributed by atoms with Gasteiger partial charge in [0.1, 0.15) is 0 Å². The van der Waals surface area contributed by atoms with Crippen LogP contribution < -0.4 is 5.32 Å². The van der Waals surface area contributed by atoms with Gasteiger partial charge in [-0.1, -0.05) is 0 Å². The smallest absolute Gasteiger partial charge is 0.289 e. The van der Waals surface area contributed by atoms with Gasteiger partial charge in [-0.15, -0.1) is 0 Å². The van der Waals surface area contributed by atoms with Gasteiger partial charge in [0.25, 0.3) is 5.91 Å². The van der Waals surface area contributed by atoms with Crippen molar-refractivity contribution in [3.05, 3.63) is 17.9 Å². The second-order valence-corrected chi connectivity index (χ2v) is 6.39. The van der Waals surface area contributed by atoms with Gasteiger partial charge < -0.3 is 14.6 Å². The highest BCUT2D eigenvalue weighted by atomic mass is 32.2. The summed E-state index contributed by atoms with van der Waals surface area (Å²) in [6.07, 6.45) is 1.05. The largest absolute Gasteiger partial charge is 0.440 e. The number of carbonyl (C=O) groups excluding carboxylic acids is 1. The Morgan fingerprint density at radius 3 is 2.78 bits per heavy atom. The maximum atomic E-state index is 12.2. The van der Waals surface area contributed by atoms with Gasteiger partial charge in [-0.2, -0.15) is 0 Å². The number of carbonyl (C=O) groups is 1. The lowest BCUT2D eigenvalue weighted by Crippen LogP contribution is -2.52. The average Bonchev–Trinajstić information content (AvgIpc) is 2.77. The van der Waals surface area contributed by atoms with Gasteiger partial charge in [-0.3, -0.25) is 4.79 Å². The third-order valence-electron chi connectivity index (χ3n) is 2.92. The van der Waals surface area contributed by atoms with Crippen LogP contribution in [0.15, 0.2) is 21.6 Å². The molecule has 2 rings (SSSR count). The first kappa shape index (κ1) is 13.1. The Morgan fingerprint density at radius 1 is 1.50 bits per heavy atom. The lowest BCUT2D eigenvalue weighted by atomic mass is 10.2. The average molecular weight is 272 g/mol. The van der Waals surface area contributed by atoms with Crippen molar-refractivity contribution in [3.63, 3.8) is 0 Å². The van der Waals surface area contributed by atoms with Crippen LogP contribution in [0.5, 0.6) is 0 Å². The Morgan fingerprint density at radius 2 is 2.22 bits per heavy atom. The third-order valence-corrected chi connectivity index (χ3v) is 3.87. The summed E-state index contributed by atoms with van der Waals surface area (Å²) in [5.41, 5.74) is 0. The van der Waals surface area contributed by atoms with Crippen molar-refractivity contribution in [2.75, 3.05) is 25.9 Å². The van der Waals surface area contributed by atoms with Gasteiger partial charge in [-0.25, -0.2) is 8.42 Å². The molecule has 18 heavy (non-hydrogen) atoms. The molecule has 6 nitrogen and oxygen atoms in total. The summed E-state index contributed by atoms with van der Waals surface area (Å²) in [4.78, 5) is 13.8. The van der Waals surface area contributed by atoms with Crippen LogP contribution in [0, 0.1) is 0 Å². The minimum atomic E-state index is -3.41. The van der Waals surface area contributed by atoms with Crippen molar-refractivity contribution in [3.8, 4) is 0 Å². The number of nitrogens with zero attached hydrogens (tertiary/aromatic N) is 1. The number of hydrogen-bond acceptors (Lipinski definition) is 5. The monoisotopic (exact) mass is 272 g/mol. The summed E-state index contributed by atoms with van der Waals surface area (Å²) < 4.78 is 27.7. The summed E-state index contributed by atoms with van der Waals surface area (Å²) >= 11 is 0. The van der Waals surface area contributed by atoms with Gasteiger partial charge in [-0.05, 0) is 19.1 Å². The molecule has 7 heteroatoms. The number of amides is 1. The maximum Gasteiger partial charge on any atom is 0.289 e. The fourth-order valence-corrected chi connectivity index (χ4v) is 2.48. The first-order chi connectivity index (χ1) is 8.39. The number of piperazine rings is 1. The molecule has 1 aromatic heterocycles. The van der Waals surface area contributed by atoms with Crippen molar-refractivity contribution in [1.82, 2.24) is 10.2 Å². The van der Waals surface area contributed by atoms with Crippen LogP contribution in [-0.2, 0) is 9.84 Å². The summed E-state index contributed by atoms with van der Waals surface area (Å²) in [6.45, 7) is 3.99. The van der Waals surface area contributed by atoms with Crippen LogP contribution in [0.4, 0.5) is 0 Å². The van der Waals surface area contributed by atoms with Crippen molar-refractivity contribution in [2.45, 2.75) is 18.1 Å². The Labute approximate surface area is 106 Å². The lowest BCUT2D eigenvalue weighted by molar-refractivity contribution is 0.0617. The standard InChI is InChI=1S/C11H16N2O4S/c1-8-7-12-5-6-13(8)11(14)9-3-4-10(17-9)18(2,15)16/h3-4,8,12H,5-7H2,1-2H3/t8-/m1/s1. The quantitative estimate of drug-likeness (QED) is 0.827. The molecule has 1 amide bonds. The van der Waals surface area contributed by atoms with Crippen molar-refractivity contribution in [1.29, 1.82) is 0 Å². The summed E-state index contributed by atoms with van der Waals surface area (Å²) in [5.74, 6) is -0.192. The van der Waals surface area contributed by atoms with E-state index in [2.05, 4.69) is 5.32 Å². The van der Waals surface area contributed by atoms with Crippen LogP contribution in [0.25, 0.3) is 0 Å². The third kappa shape index (κ3) is 2.56. The maximum absolute atomic E-state index is 12.2. The molecule has 0 saturated carbocycles. The fraction of sp³-hybridized carbons (Fsp3) is 0.545. The molecule has 0 unspecified atom stereocenters. The van der Waals surface area contributed by atoms with E-state index < -0.39 is 9.84 Å². The molecule has 1 atom stereocenters. The van der Waals surface area contributed by atoms with Crippen LogP contribution in [0.2, 0.25) is 0 Å². The Kier molecular flexibility index (Phi) is 3.45. The zero-order chi connectivity index (χ0) is 13.3. The SMILES string of the molecule is C[C@@H]1CNCCN1C(=O)c1ccc(S(C)(=O)=O)o1. The van der Waals surface area contributed by atoms with E-state index >= 15 is 0 Å². The molecule has 1 saturated heterocycles. The predicted octanol–water partition coefficient (Wildman–Crippen LogP) is 0.117. The zero-order valence-corrected chi connectivity index (χ0v) is 11.2. The molecule has 1 aromatic rings. The molecule has 100 valence electrons. The fourth-order valence-electron chi connectivity index (χ4n) is 1.92. The topological polar surface area (TPSA) is 79.6 Å². The molecule has 1 fully saturated rings. The Hall–Kier alpha value is -1.34. The van der Waals surface area contributed by atoms with E-state index in [0.717, 1.165) is 19.3 Å².